The third-order valence-electron chi connectivity index (χ3n) is 5.60. The Bertz CT molecular complexity index is 1080. The van der Waals surface area contributed by atoms with Gasteiger partial charge in [-0.3, -0.25) is 0 Å². The first kappa shape index (κ1) is 22.9. The number of aromatic nitrogens is 3. The van der Waals surface area contributed by atoms with Gasteiger partial charge in [0, 0.05) is 49.5 Å². The van der Waals surface area contributed by atoms with E-state index >= 15 is 0 Å². The second kappa shape index (κ2) is 10.6. The smallest absolute Gasteiger partial charge is 0.317 e. The van der Waals surface area contributed by atoms with E-state index in [2.05, 4.69) is 26.4 Å². The number of carbonyl (C=O) groups excluding carboxylic acids is 1. The highest BCUT2D eigenvalue weighted by Gasteiger charge is 2.20. The van der Waals surface area contributed by atoms with E-state index in [1.165, 1.54) is 0 Å². The highest BCUT2D eigenvalue weighted by atomic mass is 35.5. The standard InChI is InChI=1S/C24H29ClN6O2/c1-3-33-23-15-21(9-10-22(23)31-17-27-18(2)28-31)29-11-4-12-30(14-13-29)24(32)26-16-19-5-7-20(25)8-6-19/h5-10,15,17H,3-4,11-14,16H2,1-2H3,(H,26,32). The average Bonchev–Trinajstić information content (AvgIpc) is 3.10. The van der Waals surface area contributed by atoms with Crippen LogP contribution in [0.4, 0.5) is 10.5 Å². The summed E-state index contributed by atoms with van der Waals surface area (Å²) in [7, 11) is 0. The van der Waals surface area contributed by atoms with Gasteiger partial charge in [0.1, 0.15) is 23.6 Å². The number of benzene rings is 2. The van der Waals surface area contributed by atoms with Crippen molar-refractivity contribution in [1.82, 2.24) is 25.0 Å². The zero-order chi connectivity index (χ0) is 23.2. The van der Waals surface area contributed by atoms with Crippen molar-refractivity contribution in [2.75, 3.05) is 37.7 Å². The van der Waals surface area contributed by atoms with Gasteiger partial charge in [-0.2, -0.15) is 5.10 Å². The van der Waals surface area contributed by atoms with E-state index in [1.54, 1.807) is 11.0 Å². The molecule has 0 bridgehead atoms. The van der Waals surface area contributed by atoms with Crippen LogP contribution >= 0.6 is 11.6 Å². The topological polar surface area (TPSA) is 75.5 Å². The van der Waals surface area contributed by atoms with Gasteiger partial charge in [0.2, 0.25) is 0 Å². The Morgan fingerprint density at radius 2 is 1.94 bits per heavy atom. The van der Waals surface area contributed by atoms with Gasteiger partial charge in [0.25, 0.3) is 0 Å². The SMILES string of the molecule is CCOc1cc(N2CCCN(C(=O)NCc3ccc(Cl)cc3)CC2)ccc1-n1cnc(C)n1. The van der Waals surface area contributed by atoms with Gasteiger partial charge in [-0.15, -0.1) is 0 Å². The zero-order valence-corrected chi connectivity index (χ0v) is 19.8. The van der Waals surface area contributed by atoms with Gasteiger partial charge in [-0.05, 0) is 50.1 Å². The fourth-order valence-electron chi connectivity index (χ4n) is 3.89. The lowest BCUT2D eigenvalue weighted by Crippen LogP contribution is -2.41. The van der Waals surface area contributed by atoms with Gasteiger partial charge >= 0.3 is 6.03 Å². The molecule has 33 heavy (non-hydrogen) atoms. The number of urea groups is 1. The molecule has 0 aliphatic carbocycles. The molecule has 0 saturated carbocycles. The van der Waals surface area contributed by atoms with E-state index < -0.39 is 0 Å². The molecule has 0 unspecified atom stereocenters. The minimum atomic E-state index is -0.0429. The van der Waals surface area contributed by atoms with Gasteiger partial charge in [0.05, 0.1) is 6.61 Å². The Labute approximate surface area is 199 Å². The molecule has 2 aromatic carbocycles. The number of halogens is 1. The van der Waals surface area contributed by atoms with Crippen molar-refractivity contribution < 1.29 is 9.53 Å². The van der Waals surface area contributed by atoms with Crippen LogP contribution in [0, 0.1) is 6.92 Å². The van der Waals surface area contributed by atoms with Crippen molar-refractivity contribution in [3.05, 3.63) is 65.2 Å². The monoisotopic (exact) mass is 468 g/mol. The molecule has 9 heteroatoms. The van der Waals surface area contributed by atoms with E-state index in [9.17, 15) is 4.79 Å². The maximum atomic E-state index is 12.7. The fourth-order valence-corrected chi connectivity index (χ4v) is 4.02. The molecular weight excluding hydrogens is 440 g/mol. The zero-order valence-electron chi connectivity index (χ0n) is 19.0. The molecule has 1 saturated heterocycles. The summed E-state index contributed by atoms with van der Waals surface area (Å²) in [5.41, 5.74) is 2.96. The van der Waals surface area contributed by atoms with E-state index in [0.717, 1.165) is 48.7 Å². The number of nitrogens with one attached hydrogen (secondary N) is 1. The molecule has 0 atom stereocenters. The summed E-state index contributed by atoms with van der Waals surface area (Å²) in [5.74, 6) is 1.48. The van der Waals surface area contributed by atoms with Crippen LogP contribution in [0.25, 0.3) is 5.69 Å². The molecule has 1 aliphatic heterocycles. The Hall–Kier alpha value is -3.26. The molecule has 0 radical (unpaired) electrons. The van der Waals surface area contributed by atoms with Crippen molar-refractivity contribution >= 4 is 23.3 Å². The lowest BCUT2D eigenvalue weighted by molar-refractivity contribution is 0.201. The average molecular weight is 469 g/mol. The van der Waals surface area contributed by atoms with Crippen LogP contribution in [0.2, 0.25) is 5.02 Å². The second-order valence-electron chi connectivity index (χ2n) is 7.93. The van der Waals surface area contributed by atoms with Crippen LogP contribution < -0.4 is 15.0 Å². The van der Waals surface area contributed by atoms with Crippen molar-refractivity contribution in [3.63, 3.8) is 0 Å². The molecule has 0 spiro atoms. The van der Waals surface area contributed by atoms with Gasteiger partial charge in [-0.1, -0.05) is 23.7 Å². The van der Waals surface area contributed by atoms with Gasteiger partial charge in [-0.25, -0.2) is 14.5 Å². The summed E-state index contributed by atoms with van der Waals surface area (Å²) in [4.78, 5) is 21.1. The van der Waals surface area contributed by atoms with Gasteiger partial charge < -0.3 is 19.9 Å². The maximum absolute atomic E-state index is 12.7. The summed E-state index contributed by atoms with van der Waals surface area (Å²) in [6.45, 7) is 7.87. The summed E-state index contributed by atoms with van der Waals surface area (Å²) >= 11 is 5.93. The van der Waals surface area contributed by atoms with E-state index in [0.29, 0.717) is 30.5 Å². The van der Waals surface area contributed by atoms with Crippen LogP contribution in [0.15, 0.2) is 48.8 Å². The highest BCUT2D eigenvalue weighted by Crippen LogP contribution is 2.29. The number of amides is 2. The quantitative estimate of drug-likeness (QED) is 0.590. The Morgan fingerprint density at radius 1 is 1.12 bits per heavy atom. The molecule has 2 amide bonds. The fraction of sp³-hybridized carbons (Fsp3) is 0.375. The van der Waals surface area contributed by atoms with Crippen molar-refractivity contribution in [2.45, 2.75) is 26.8 Å². The van der Waals surface area contributed by atoms with Crippen LogP contribution in [0.1, 0.15) is 24.7 Å². The molecule has 1 N–H and O–H groups in total. The largest absolute Gasteiger partial charge is 0.492 e. The normalized spacial score (nSPS) is 14.2. The number of hydrogen-bond donors (Lipinski definition) is 1. The molecule has 2 heterocycles. The lowest BCUT2D eigenvalue weighted by Gasteiger charge is -2.25. The van der Waals surface area contributed by atoms with Crippen molar-refractivity contribution in [3.8, 4) is 11.4 Å². The summed E-state index contributed by atoms with van der Waals surface area (Å²) in [5, 5.41) is 8.11. The number of carbonyl (C=O) groups is 1. The minimum Gasteiger partial charge on any atom is -0.492 e. The summed E-state index contributed by atoms with van der Waals surface area (Å²) in [6.07, 6.45) is 2.58. The highest BCUT2D eigenvalue weighted by molar-refractivity contribution is 6.30. The Balaban J connectivity index is 1.40. The number of hydrogen-bond acceptors (Lipinski definition) is 5. The third kappa shape index (κ3) is 5.76. The first-order valence-electron chi connectivity index (χ1n) is 11.2. The van der Waals surface area contributed by atoms with E-state index in [-0.39, 0.29) is 6.03 Å². The predicted molar refractivity (Wildman–Crippen MR) is 129 cm³/mol. The van der Waals surface area contributed by atoms with Crippen LogP contribution in [-0.4, -0.2) is 58.5 Å². The first-order valence-corrected chi connectivity index (χ1v) is 11.6. The third-order valence-corrected chi connectivity index (χ3v) is 5.85. The number of ether oxygens (including phenoxy) is 1. The van der Waals surface area contributed by atoms with Crippen molar-refractivity contribution in [1.29, 1.82) is 0 Å². The predicted octanol–water partition coefficient (Wildman–Crippen LogP) is 4.05. The maximum Gasteiger partial charge on any atom is 0.317 e. The Kier molecular flexibility index (Phi) is 7.34. The molecule has 8 nitrogen and oxygen atoms in total. The second-order valence-corrected chi connectivity index (χ2v) is 8.37. The molecule has 4 rings (SSSR count). The summed E-state index contributed by atoms with van der Waals surface area (Å²) in [6, 6.07) is 13.6. The van der Waals surface area contributed by atoms with Crippen LogP contribution in [-0.2, 0) is 6.54 Å². The molecule has 174 valence electrons. The Morgan fingerprint density at radius 3 is 2.67 bits per heavy atom. The van der Waals surface area contributed by atoms with E-state index in [1.807, 2.05) is 55.1 Å². The summed E-state index contributed by atoms with van der Waals surface area (Å²) < 4.78 is 7.64. The molecule has 1 aliphatic rings. The number of rotatable bonds is 6. The first-order chi connectivity index (χ1) is 16.0. The van der Waals surface area contributed by atoms with Crippen LogP contribution in [0.3, 0.4) is 0 Å². The molecule has 1 aromatic heterocycles. The lowest BCUT2D eigenvalue weighted by atomic mass is 10.2. The molecular formula is C24H29ClN6O2. The minimum absolute atomic E-state index is 0.0429. The number of aryl methyl sites for hydroxylation is 1. The van der Waals surface area contributed by atoms with Crippen LogP contribution in [0.5, 0.6) is 5.75 Å². The van der Waals surface area contributed by atoms with E-state index in [4.69, 9.17) is 16.3 Å². The number of nitrogens with zero attached hydrogens (tertiary/aromatic N) is 5. The van der Waals surface area contributed by atoms with Gasteiger partial charge in [0.15, 0.2) is 0 Å². The van der Waals surface area contributed by atoms with Crippen molar-refractivity contribution in [2.24, 2.45) is 0 Å². The molecule has 1 fully saturated rings. The molecule has 3 aromatic rings. The number of anilines is 1.